The van der Waals surface area contributed by atoms with Crippen molar-refractivity contribution in [3.05, 3.63) is 23.9 Å². The average molecular weight is 287 g/mol. The Bertz CT molecular complexity index is 438. The van der Waals surface area contributed by atoms with Crippen LogP contribution < -0.4 is 10.6 Å². The topological polar surface area (TPSA) is 42.1 Å². The van der Waals surface area contributed by atoms with Crippen LogP contribution in [0.5, 0.6) is 0 Å². The molecule has 1 aromatic heterocycles. The van der Waals surface area contributed by atoms with Crippen LogP contribution in [-0.4, -0.2) is 30.3 Å². The maximum Gasteiger partial charge on any atom is 0.391 e. The maximum absolute atomic E-state index is 12.7. The van der Waals surface area contributed by atoms with Gasteiger partial charge in [-0.2, -0.15) is 13.2 Å². The number of rotatable bonds is 3. The van der Waals surface area contributed by atoms with Crippen LogP contribution in [0, 0.1) is 5.92 Å². The molecule has 0 radical (unpaired) electrons. The third-order valence-electron chi connectivity index (χ3n) is 3.67. The molecule has 112 valence electrons. The van der Waals surface area contributed by atoms with Gasteiger partial charge in [-0.3, -0.25) is 0 Å². The first kappa shape index (κ1) is 15.1. The number of hydrogen-bond acceptors (Lipinski definition) is 3. The van der Waals surface area contributed by atoms with E-state index in [4.69, 9.17) is 5.73 Å². The first-order valence-corrected chi connectivity index (χ1v) is 6.89. The molecule has 2 N–H and O–H groups in total. The molecule has 1 aromatic rings. The van der Waals surface area contributed by atoms with Gasteiger partial charge in [0.1, 0.15) is 5.82 Å². The number of anilines is 1. The van der Waals surface area contributed by atoms with Crippen LogP contribution in [0.1, 0.15) is 25.3 Å². The fourth-order valence-electron chi connectivity index (χ4n) is 2.64. The van der Waals surface area contributed by atoms with Crippen molar-refractivity contribution in [2.24, 2.45) is 11.7 Å². The molecule has 20 heavy (non-hydrogen) atoms. The summed E-state index contributed by atoms with van der Waals surface area (Å²) in [5, 5.41) is 0. The Morgan fingerprint density at radius 1 is 1.40 bits per heavy atom. The molecule has 1 aliphatic heterocycles. The lowest BCUT2D eigenvalue weighted by Gasteiger charge is -2.34. The van der Waals surface area contributed by atoms with Crippen LogP contribution in [0.2, 0.25) is 0 Å². The van der Waals surface area contributed by atoms with Gasteiger partial charge in [0.05, 0.1) is 5.92 Å². The third kappa shape index (κ3) is 3.62. The number of nitrogens with two attached hydrogens (primary N) is 1. The van der Waals surface area contributed by atoms with Crippen molar-refractivity contribution in [3.8, 4) is 0 Å². The van der Waals surface area contributed by atoms with Gasteiger partial charge in [0.25, 0.3) is 0 Å². The van der Waals surface area contributed by atoms with E-state index < -0.39 is 12.1 Å². The first-order valence-electron chi connectivity index (χ1n) is 6.89. The van der Waals surface area contributed by atoms with Crippen LogP contribution in [-0.2, 0) is 6.42 Å². The van der Waals surface area contributed by atoms with E-state index in [9.17, 15) is 13.2 Å². The zero-order valence-electron chi connectivity index (χ0n) is 11.5. The lowest BCUT2D eigenvalue weighted by atomic mass is 9.95. The fraction of sp³-hybridized carbons (Fsp3) is 0.643. The lowest BCUT2D eigenvalue weighted by molar-refractivity contribution is -0.179. The zero-order valence-corrected chi connectivity index (χ0v) is 11.5. The molecule has 0 amide bonds. The van der Waals surface area contributed by atoms with Crippen molar-refractivity contribution in [1.29, 1.82) is 0 Å². The summed E-state index contributed by atoms with van der Waals surface area (Å²) in [6.45, 7) is 2.70. The van der Waals surface area contributed by atoms with E-state index in [1.807, 2.05) is 24.0 Å². The van der Waals surface area contributed by atoms with E-state index in [1.165, 1.54) is 0 Å². The van der Waals surface area contributed by atoms with E-state index in [2.05, 4.69) is 4.98 Å². The summed E-state index contributed by atoms with van der Waals surface area (Å²) in [4.78, 5) is 6.28. The Kier molecular flexibility index (Phi) is 4.52. The van der Waals surface area contributed by atoms with E-state index in [0.717, 1.165) is 11.4 Å². The number of halogens is 3. The Morgan fingerprint density at radius 2 is 2.05 bits per heavy atom. The molecule has 1 unspecified atom stereocenters. The Hall–Kier alpha value is -1.30. The molecule has 6 heteroatoms. The van der Waals surface area contributed by atoms with Crippen molar-refractivity contribution < 1.29 is 13.2 Å². The van der Waals surface area contributed by atoms with E-state index in [0.29, 0.717) is 19.5 Å². The summed E-state index contributed by atoms with van der Waals surface area (Å²) < 4.78 is 38.0. The molecule has 2 heterocycles. The monoisotopic (exact) mass is 287 g/mol. The molecule has 0 aliphatic carbocycles. The molecule has 0 spiro atoms. The van der Waals surface area contributed by atoms with Gasteiger partial charge in [-0.15, -0.1) is 0 Å². The highest BCUT2D eigenvalue weighted by Gasteiger charge is 2.41. The second-order valence-electron chi connectivity index (χ2n) is 5.47. The van der Waals surface area contributed by atoms with Crippen molar-refractivity contribution in [2.45, 2.75) is 38.4 Å². The fourth-order valence-corrected chi connectivity index (χ4v) is 2.64. The van der Waals surface area contributed by atoms with Crippen LogP contribution in [0.3, 0.4) is 0 Å². The molecule has 1 fully saturated rings. The van der Waals surface area contributed by atoms with Crippen molar-refractivity contribution >= 4 is 5.82 Å². The summed E-state index contributed by atoms with van der Waals surface area (Å²) in [5.74, 6) is -0.398. The number of piperidine rings is 1. The zero-order chi connectivity index (χ0) is 14.8. The predicted molar refractivity (Wildman–Crippen MR) is 72.6 cm³/mol. The van der Waals surface area contributed by atoms with Crippen LogP contribution in [0.15, 0.2) is 18.3 Å². The van der Waals surface area contributed by atoms with E-state index in [1.54, 1.807) is 6.20 Å². The highest BCUT2D eigenvalue weighted by atomic mass is 19.4. The molecule has 1 atom stereocenters. The quantitative estimate of drug-likeness (QED) is 0.929. The van der Waals surface area contributed by atoms with Gasteiger partial charge in [-0.05, 0) is 37.8 Å². The normalized spacial score (nSPS) is 19.1. The highest BCUT2D eigenvalue weighted by molar-refractivity contribution is 5.47. The summed E-state index contributed by atoms with van der Waals surface area (Å²) in [6.07, 6.45) is -1.45. The molecule has 0 aromatic carbocycles. The average Bonchev–Trinajstić information content (AvgIpc) is 2.38. The SMILES string of the molecule is CC(N)Cc1cccnc1N1CCC(C(F)(F)F)CC1. The number of nitrogens with zero attached hydrogens (tertiary/aromatic N) is 2. The Morgan fingerprint density at radius 3 is 2.60 bits per heavy atom. The van der Waals surface area contributed by atoms with Gasteiger partial charge in [0.15, 0.2) is 0 Å². The second kappa shape index (κ2) is 5.99. The predicted octanol–water partition coefficient (Wildman–Crippen LogP) is 2.75. The van der Waals surface area contributed by atoms with Gasteiger partial charge < -0.3 is 10.6 Å². The highest BCUT2D eigenvalue weighted by Crippen LogP contribution is 2.35. The Labute approximate surface area is 117 Å². The van der Waals surface area contributed by atoms with Crippen molar-refractivity contribution in [3.63, 3.8) is 0 Å². The molecule has 0 bridgehead atoms. The second-order valence-corrected chi connectivity index (χ2v) is 5.47. The van der Waals surface area contributed by atoms with Gasteiger partial charge in [-0.25, -0.2) is 4.98 Å². The summed E-state index contributed by atoms with van der Waals surface area (Å²) in [5.41, 5.74) is 6.81. The van der Waals surface area contributed by atoms with Crippen LogP contribution in [0.25, 0.3) is 0 Å². The third-order valence-corrected chi connectivity index (χ3v) is 3.67. The standard InChI is InChI=1S/C14H20F3N3/c1-10(18)9-11-3-2-6-19-13(11)20-7-4-12(5-8-20)14(15,16)17/h2-3,6,10,12H,4-5,7-9,18H2,1H3. The van der Waals surface area contributed by atoms with Gasteiger partial charge in [0, 0.05) is 25.3 Å². The molecule has 2 rings (SSSR count). The minimum Gasteiger partial charge on any atom is -0.356 e. The van der Waals surface area contributed by atoms with Crippen LogP contribution in [0.4, 0.5) is 19.0 Å². The number of alkyl halides is 3. The molecule has 0 saturated carbocycles. The first-order chi connectivity index (χ1) is 9.38. The Balaban J connectivity index is 2.07. The van der Waals surface area contributed by atoms with Gasteiger partial charge >= 0.3 is 6.18 Å². The number of pyridine rings is 1. The summed E-state index contributed by atoms with van der Waals surface area (Å²) in [6, 6.07) is 3.79. The lowest BCUT2D eigenvalue weighted by Crippen LogP contribution is -2.40. The minimum absolute atomic E-state index is 0.00524. The van der Waals surface area contributed by atoms with Gasteiger partial charge in [-0.1, -0.05) is 6.07 Å². The van der Waals surface area contributed by atoms with Gasteiger partial charge in [0.2, 0.25) is 0 Å². The van der Waals surface area contributed by atoms with Crippen LogP contribution >= 0.6 is 0 Å². The van der Waals surface area contributed by atoms with Crippen molar-refractivity contribution in [2.75, 3.05) is 18.0 Å². The van der Waals surface area contributed by atoms with E-state index in [-0.39, 0.29) is 18.9 Å². The molecular weight excluding hydrogens is 267 g/mol. The largest absolute Gasteiger partial charge is 0.391 e. The molecule has 3 nitrogen and oxygen atoms in total. The summed E-state index contributed by atoms with van der Waals surface area (Å²) in [7, 11) is 0. The smallest absolute Gasteiger partial charge is 0.356 e. The molecule has 1 aliphatic rings. The molecular formula is C14H20F3N3. The number of aromatic nitrogens is 1. The number of hydrogen-bond donors (Lipinski definition) is 1. The minimum atomic E-state index is -4.08. The molecule has 1 saturated heterocycles. The maximum atomic E-state index is 12.7. The summed E-state index contributed by atoms with van der Waals surface area (Å²) >= 11 is 0. The van der Waals surface area contributed by atoms with E-state index >= 15 is 0 Å². The van der Waals surface area contributed by atoms with Crippen molar-refractivity contribution in [1.82, 2.24) is 4.98 Å².